The van der Waals surface area contributed by atoms with Gasteiger partial charge in [0, 0.05) is 44.5 Å². The van der Waals surface area contributed by atoms with Gasteiger partial charge >= 0.3 is 0 Å². The average molecular weight is 482 g/mol. The molecule has 0 aromatic heterocycles. The number of hydrogen-bond donors (Lipinski definition) is 2. The van der Waals surface area contributed by atoms with E-state index in [2.05, 4.69) is 10.6 Å². The first kappa shape index (κ1) is 26.2. The molecule has 188 valence electrons. The molecule has 8 heteroatoms. The van der Waals surface area contributed by atoms with Gasteiger partial charge in [-0.05, 0) is 68.5 Å². The van der Waals surface area contributed by atoms with E-state index < -0.39 is 6.04 Å². The van der Waals surface area contributed by atoms with Crippen LogP contribution in [0.2, 0.25) is 0 Å². The molecular formula is C27H35N3O5. The number of piperidine rings is 1. The Morgan fingerprint density at radius 3 is 2.20 bits per heavy atom. The van der Waals surface area contributed by atoms with Crippen LogP contribution in [0.5, 0.6) is 5.75 Å². The van der Waals surface area contributed by atoms with Gasteiger partial charge in [-0.3, -0.25) is 14.4 Å². The van der Waals surface area contributed by atoms with Crippen molar-refractivity contribution >= 4 is 17.7 Å². The number of carbonyl (C=O) groups excluding carboxylic acids is 3. The molecule has 3 amide bonds. The third-order valence-corrected chi connectivity index (χ3v) is 6.34. The molecule has 0 aliphatic carbocycles. The summed E-state index contributed by atoms with van der Waals surface area (Å²) < 4.78 is 10.2. The first-order valence-corrected chi connectivity index (χ1v) is 12.0. The SMILES string of the molecule is COCCCNC(=O)C(NC(=O)c1ccc(OC)cc1)C1CCN(C(=O)c2ccc(C)cc2)CC1. The summed E-state index contributed by atoms with van der Waals surface area (Å²) in [5, 5.41) is 5.86. The topological polar surface area (TPSA) is 97.0 Å². The molecule has 0 spiro atoms. The van der Waals surface area contributed by atoms with Gasteiger partial charge in [-0.25, -0.2) is 0 Å². The van der Waals surface area contributed by atoms with Crippen molar-refractivity contribution in [3.8, 4) is 5.75 Å². The number of nitrogens with one attached hydrogen (secondary N) is 2. The van der Waals surface area contributed by atoms with Gasteiger partial charge in [0.1, 0.15) is 11.8 Å². The lowest BCUT2D eigenvalue weighted by Crippen LogP contribution is -2.54. The van der Waals surface area contributed by atoms with Gasteiger partial charge in [0.25, 0.3) is 11.8 Å². The number of ether oxygens (including phenoxy) is 2. The van der Waals surface area contributed by atoms with Crippen molar-refractivity contribution in [3.63, 3.8) is 0 Å². The summed E-state index contributed by atoms with van der Waals surface area (Å²) in [6, 6.07) is 13.6. The molecule has 1 unspecified atom stereocenters. The molecular weight excluding hydrogens is 446 g/mol. The molecule has 35 heavy (non-hydrogen) atoms. The van der Waals surface area contributed by atoms with Gasteiger partial charge in [0.05, 0.1) is 7.11 Å². The smallest absolute Gasteiger partial charge is 0.253 e. The van der Waals surface area contributed by atoms with E-state index in [9.17, 15) is 14.4 Å². The lowest BCUT2D eigenvalue weighted by Gasteiger charge is -2.36. The van der Waals surface area contributed by atoms with Crippen LogP contribution in [0.1, 0.15) is 45.5 Å². The Labute approximate surface area is 207 Å². The highest BCUT2D eigenvalue weighted by atomic mass is 16.5. The van der Waals surface area contributed by atoms with Crippen LogP contribution in [0.3, 0.4) is 0 Å². The zero-order chi connectivity index (χ0) is 25.2. The third kappa shape index (κ3) is 7.29. The summed E-state index contributed by atoms with van der Waals surface area (Å²) in [5.74, 6) is 0.0294. The van der Waals surface area contributed by atoms with E-state index in [0.29, 0.717) is 62.4 Å². The van der Waals surface area contributed by atoms with Gasteiger partial charge in [-0.1, -0.05) is 17.7 Å². The maximum absolute atomic E-state index is 13.1. The molecule has 1 aliphatic rings. The normalized spacial score (nSPS) is 14.8. The van der Waals surface area contributed by atoms with E-state index >= 15 is 0 Å². The molecule has 1 fully saturated rings. The summed E-state index contributed by atoms with van der Waals surface area (Å²) in [4.78, 5) is 40.7. The van der Waals surface area contributed by atoms with E-state index in [1.54, 1.807) is 38.5 Å². The van der Waals surface area contributed by atoms with Gasteiger partial charge < -0.3 is 25.0 Å². The molecule has 0 bridgehead atoms. The van der Waals surface area contributed by atoms with Crippen molar-refractivity contribution in [2.24, 2.45) is 5.92 Å². The van der Waals surface area contributed by atoms with Crippen LogP contribution >= 0.6 is 0 Å². The molecule has 8 nitrogen and oxygen atoms in total. The maximum atomic E-state index is 13.1. The third-order valence-electron chi connectivity index (χ3n) is 6.34. The van der Waals surface area contributed by atoms with Crippen molar-refractivity contribution in [3.05, 3.63) is 65.2 Å². The first-order chi connectivity index (χ1) is 16.9. The number of hydrogen-bond acceptors (Lipinski definition) is 5. The molecule has 2 N–H and O–H groups in total. The van der Waals surface area contributed by atoms with E-state index in [1.165, 1.54) is 0 Å². The average Bonchev–Trinajstić information content (AvgIpc) is 2.89. The van der Waals surface area contributed by atoms with E-state index in [4.69, 9.17) is 9.47 Å². The number of rotatable bonds is 10. The van der Waals surface area contributed by atoms with Crippen LogP contribution in [-0.2, 0) is 9.53 Å². The predicted octanol–water partition coefficient (Wildman–Crippen LogP) is 2.81. The minimum absolute atomic E-state index is 0.00807. The summed E-state index contributed by atoms with van der Waals surface area (Å²) in [5.41, 5.74) is 2.22. The quantitative estimate of drug-likeness (QED) is 0.509. The number of methoxy groups -OCH3 is 2. The van der Waals surface area contributed by atoms with E-state index in [1.807, 2.05) is 36.1 Å². The van der Waals surface area contributed by atoms with Crippen molar-refractivity contribution < 1.29 is 23.9 Å². The van der Waals surface area contributed by atoms with Crippen molar-refractivity contribution in [2.45, 2.75) is 32.2 Å². The first-order valence-electron chi connectivity index (χ1n) is 12.0. The van der Waals surface area contributed by atoms with Crippen molar-refractivity contribution in [1.82, 2.24) is 15.5 Å². The molecule has 3 rings (SSSR count). The number of amides is 3. The van der Waals surface area contributed by atoms with Crippen LogP contribution in [0.15, 0.2) is 48.5 Å². The number of aryl methyl sites for hydroxylation is 1. The fraction of sp³-hybridized carbons (Fsp3) is 0.444. The highest BCUT2D eigenvalue weighted by Crippen LogP contribution is 2.23. The Morgan fingerprint density at radius 2 is 1.60 bits per heavy atom. The second-order valence-electron chi connectivity index (χ2n) is 8.81. The molecule has 1 atom stereocenters. The Kier molecular flexibility index (Phi) is 9.66. The van der Waals surface area contributed by atoms with Crippen LogP contribution in [0.4, 0.5) is 0 Å². The number of carbonyl (C=O) groups is 3. The summed E-state index contributed by atoms with van der Waals surface area (Å²) in [6.45, 7) is 4.06. The second-order valence-corrected chi connectivity index (χ2v) is 8.81. The fourth-order valence-corrected chi connectivity index (χ4v) is 4.22. The lowest BCUT2D eigenvalue weighted by atomic mass is 9.88. The summed E-state index contributed by atoms with van der Waals surface area (Å²) in [6.07, 6.45) is 1.93. The molecule has 0 saturated carbocycles. The molecule has 2 aromatic carbocycles. The largest absolute Gasteiger partial charge is 0.497 e. The Balaban J connectivity index is 1.66. The van der Waals surface area contributed by atoms with E-state index in [0.717, 1.165) is 5.56 Å². The molecule has 1 aliphatic heterocycles. The monoisotopic (exact) mass is 481 g/mol. The van der Waals surface area contributed by atoms with Crippen LogP contribution < -0.4 is 15.4 Å². The van der Waals surface area contributed by atoms with Gasteiger partial charge in [-0.15, -0.1) is 0 Å². The van der Waals surface area contributed by atoms with Gasteiger partial charge in [0.15, 0.2) is 0 Å². The number of benzene rings is 2. The standard InChI is InChI=1S/C27H35N3O5/c1-19-5-7-22(8-6-19)27(33)30-16-13-20(14-17-30)24(26(32)28-15-4-18-34-2)29-25(31)21-9-11-23(35-3)12-10-21/h5-12,20,24H,4,13-18H2,1-3H3,(H,28,32)(H,29,31). The van der Waals surface area contributed by atoms with Crippen LogP contribution in [-0.4, -0.2) is 69.1 Å². The molecule has 1 heterocycles. The zero-order valence-corrected chi connectivity index (χ0v) is 20.7. The van der Waals surface area contributed by atoms with E-state index in [-0.39, 0.29) is 23.6 Å². The maximum Gasteiger partial charge on any atom is 0.253 e. The Hall–Kier alpha value is -3.39. The van der Waals surface area contributed by atoms with Gasteiger partial charge in [-0.2, -0.15) is 0 Å². The number of nitrogens with zero attached hydrogens (tertiary/aromatic N) is 1. The minimum atomic E-state index is -0.691. The minimum Gasteiger partial charge on any atom is -0.497 e. The summed E-state index contributed by atoms with van der Waals surface area (Å²) in [7, 11) is 3.18. The zero-order valence-electron chi connectivity index (χ0n) is 20.7. The highest BCUT2D eigenvalue weighted by Gasteiger charge is 2.34. The fourth-order valence-electron chi connectivity index (χ4n) is 4.22. The summed E-state index contributed by atoms with van der Waals surface area (Å²) >= 11 is 0. The van der Waals surface area contributed by atoms with Crippen LogP contribution in [0, 0.1) is 12.8 Å². The number of likely N-dealkylation sites (tertiary alicyclic amines) is 1. The molecule has 2 aromatic rings. The second kappa shape index (κ2) is 12.9. The predicted molar refractivity (Wildman–Crippen MR) is 134 cm³/mol. The Bertz CT molecular complexity index is 983. The highest BCUT2D eigenvalue weighted by molar-refractivity contribution is 5.98. The van der Waals surface area contributed by atoms with Crippen LogP contribution in [0.25, 0.3) is 0 Å². The van der Waals surface area contributed by atoms with Crippen molar-refractivity contribution in [2.75, 3.05) is 40.5 Å². The van der Waals surface area contributed by atoms with Gasteiger partial charge in [0.2, 0.25) is 5.91 Å². The Morgan fingerprint density at radius 1 is 0.971 bits per heavy atom. The molecule has 0 radical (unpaired) electrons. The molecule has 1 saturated heterocycles. The van der Waals surface area contributed by atoms with Crippen molar-refractivity contribution in [1.29, 1.82) is 0 Å². The lowest BCUT2D eigenvalue weighted by molar-refractivity contribution is -0.124.